The number of hydrogen-bond acceptors (Lipinski definition) is 1. The van der Waals surface area contributed by atoms with Crippen molar-refractivity contribution >= 4 is 0 Å². The third-order valence-corrected chi connectivity index (χ3v) is 3.27. The standard InChI is InChI=1S/C12H24O/c1-3-4-5-6-7-8-12(13)11-9-10(11)2/h10-13H,3-9H2,1-2H3/t10-,11+,12+/m0/s1. The van der Waals surface area contributed by atoms with E-state index in [0.717, 1.165) is 12.3 Å². The Bertz CT molecular complexity index is 133. The molecule has 1 nitrogen and oxygen atoms in total. The van der Waals surface area contributed by atoms with Crippen molar-refractivity contribution in [2.45, 2.75) is 64.9 Å². The van der Waals surface area contributed by atoms with Gasteiger partial charge < -0.3 is 5.11 Å². The molecular weight excluding hydrogens is 160 g/mol. The first-order valence-electron chi connectivity index (χ1n) is 5.93. The van der Waals surface area contributed by atoms with Crippen molar-refractivity contribution in [3.63, 3.8) is 0 Å². The van der Waals surface area contributed by atoms with Crippen molar-refractivity contribution in [1.82, 2.24) is 0 Å². The maximum Gasteiger partial charge on any atom is 0.0571 e. The van der Waals surface area contributed by atoms with Crippen molar-refractivity contribution in [2.75, 3.05) is 0 Å². The Labute approximate surface area is 82.5 Å². The zero-order valence-electron chi connectivity index (χ0n) is 9.13. The second kappa shape index (κ2) is 5.64. The molecule has 1 aliphatic rings. The van der Waals surface area contributed by atoms with E-state index in [1.165, 1.54) is 38.5 Å². The summed E-state index contributed by atoms with van der Waals surface area (Å²) in [5, 5.41) is 9.72. The minimum Gasteiger partial charge on any atom is -0.393 e. The average Bonchev–Trinajstić information content (AvgIpc) is 2.82. The summed E-state index contributed by atoms with van der Waals surface area (Å²) in [4.78, 5) is 0. The summed E-state index contributed by atoms with van der Waals surface area (Å²) in [6.45, 7) is 4.48. The van der Waals surface area contributed by atoms with Gasteiger partial charge in [-0.3, -0.25) is 0 Å². The molecule has 1 rings (SSSR count). The predicted octanol–water partition coefficient (Wildman–Crippen LogP) is 3.36. The average molecular weight is 184 g/mol. The van der Waals surface area contributed by atoms with Crippen LogP contribution in [0.5, 0.6) is 0 Å². The fourth-order valence-corrected chi connectivity index (χ4v) is 2.06. The number of rotatable bonds is 7. The molecule has 1 aliphatic carbocycles. The summed E-state index contributed by atoms with van der Waals surface area (Å²) in [6.07, 6.45) is 8.86. The molecule has 0 aromatic rings. The normalized spacial score (nSPS) is 28.8. The van der Waals surface area contributed by atoms with E-state index in [1.807, 2.05) is 0 Å². The summed E-state index contributed by atoms with van der Waals surface area (Å²) in [7, 11) is 0. The number of aliphatic hydroxyl groups excluding tert-OH is 1. The molecule has 0 aromatic heterocycles. The number of hydrogen-bond donors (Lipinski definition) is 1. The Morgan fingerprint density at radius 1 is 1.23 bits per heavy atom. The van der Waals surface area contributed by atoms with Gasteiger partial charge in [0.25, 0.3) is 0 Å². The molecule has 0 spiro atoms. The lowest BCUT2D eigenvalue weighted by Gasteiger charge is -2.08. The fourth-order valence-electron chi connectivity index (χ4n) is 2.06. The molecule has 3 atom stereocenters. The molecule has 0 unspecified atom stereocenters. The quantitative estimate of drug-likeness (QED) is 0.601. The third-order valence-electron chi connectivity index (χ3n) is 3.27. The molecule has 0 radical (unpaired) electrons. The molecule has 0 saturated heterocycles. The topological polar surface area (TPSA) is 20.2 Å². The van der Waals surface area contributed by atoms with Crippen molar-refractivity contribution < 1.29 is 5.11 Å². The van der Waals surface area contributed by atoms with Gasteiger partial charge in [-0.05, 0) is 24.7 Å². The first kappa shape index (κ1) is 11.0. The smallest absolute Gasteiger partial charge is 0.0571 e. The Morgan fingerprint density at radius 3 is 2.38 bits per heavy atom. The zero-order valence-corrected chi connectivity index (χ0v) is 9.13. The van der Waals surface area contributed by atoms with Gasteiger partial charge in [0.05, 0.1) is 6.10 Å². The van der Waals surface area contributed by atoms with Crippen LogP contribution in [0.4, 0.5) is 0 Å². The van der Waals surface area contributed by atoms with E-state index in [-0.39, 0.29) is 6.10 Å². The summed E-state index contributed by atoms with van der Waals surface area (Å²) in [5.41, 5.74) is 0. The first-order chi connectivity index (χ1) is 6.25. The van der Waals surface area contributed by atoms with Crippen LogP contribution in [0.25, 0.3) is 0 Å². The Kier molecular flexibility index (Phi) is 4.79. The summed E-state index contributed by atoms with van der Waals surface area (Å²) in [6, 6.07) is 0. The van der Waals surface area contributed by atoms with Crippen LogP contribution in [0, 0.1) is 11.8 Å². The highest BCUT2D eigenvalue weighted by atomic mass is 16.3. The van der Waals surface area contributed by atoms with Crippen LogP contribution in [-0.4, -0.2) is 11.2 Å². The van der Waals surface area contributed by atoms with E-state index in [9.17, 15) is 5.11 Å². The minimum absolute atomic E-state index is 0.0108. The monoisotopic (exact) mass is 184 g/mol. The van der Waals surface area contributed by atoms with Crippen LogP contribution in [-0.2, 0) is 0 Å². The predicted molar refractivity (Wildman–Crippen MR) is 56.7 cm³/mol. The van der Waals surface area contributed by atoms with Gasteiger partial charge in [0.2, 0.25) is 0 Å². The van der Waals surface area contributed by atoms with Gasteiger partial charge in [-0.15, -0.1) is 0 Å². The molecular formula is C12H24O. The van der Waals surface area contributed by atoms with E-state index in [1.54, 1.807) is 0 Å². The van der Waals surface area contributed by atoms with Gasteiger partial charge >= 0.3 is 0 Å². The van der Waals surface area contributed by atoms with Crippen molar-refractivity contribution in [3.8, 4) is 0 Å². The van der Waals surface area contributed by atoms with Crippen molar-refractivity contribution in [1.29, 1.82) is 0 Å². The van der Waals surface area contributed by atoms with Gasteiger partial charge in [0, 0.05) is 0 Å². The second-order valence-electron chi connectivity index (χ2n) is 4.65. The lowest BCUT2D eigenvalue weighted by molar-refractivity contribution is 0.133. The van der Waals surface area contributed by atoms with Crippen LogP contribution in [0.3, 0.4) is 0 Å². The Hall–Kier alpha value is -0.0400. The summed E-state index contributed by atoms with van der Waals surface area (Å²) >= 11 is 0. The summed E-state index contributed by atoms with van der Waals surface area (Å²) < 4.78 is 0. The lowest BCUT2D eigenvalue weighted by Crippen LogP contribution is -2.09. The molecule has 0 aliphatic heterocycles. The van der Waals surface area contributed by atoms with Crippen LogP contribution in [0.15, 0.2) is 0 Å². The molecule has 1 fully saturated rings. The van der Waals surface area contributed by atoms with Crippen molar-refractivity contribution in [2.24, 2.45) is 11.8 Å². The molecule has 0 aromatic carbocycles. The Balaban J connectivity index is 1.87. The van der Waals surface area contributed by atoms with Crippen LogP contribution in [0.2, 0.25) is 0 Å². The molecule has 13 heavy (non-hydrogen) atoms. The Morgan fingerprint density at radius 2 is 1.85 bits per heavy atom. The largest absolute Gasteiger partial charge is 0.393 e. The van der Waals surface area contributed by atoms with E-state index < -0.39 is 0 Å². The molecule has 0 heterocycles. The SMILES string of the molecule is CCCCCCC[C@@H](O)[C@@H]1C[C@@H]1C. The lowest BCUT2D eigenvalue weighted by atomic mass is 10.0. The minimum atomic E-state index is 0.0108. The van der Waals surface area contributed by atoms with Gasteiger partial charge in [-0.1, -0.05) is 46.0 Å². The molecule has 78 valence electrons. The maximum atomic E-state index is 9.72. The van der Waals surface area contributed by atoms with Crippen molar-refractivity contribution in [3.05, 3.63) is 0 Å². The van der Waals surface area contributed by atoms with Gasteiger partial charge in [-0.2, -0.15) is 0 Å². The third kappa shape index (κ3) is 4.12. The number of unbranched alkanes of at least 4 members (excludes halogenated alkanes) is 4. The molecule has 1 heteroatoms. The highest BCUT2D eigenvalue weighted by Crippen LogP contribution is 2.41. The van der Waals surface area contributed by atoms with Crippen LogP contribution < -0.4 is 0 Å². The van der Waals surface area contributed by atoms with Gasteiger partial charge in [-0.25, -0.2) is 0 Å². The molecule has 0 bridgehead atoms. The highest BCUT2D eigenvalue weighted by Gasteiger charge is 2.37. The highest BCUT2D eigenvalue weighted by molar-refractivity contribution is 4.87. The summed E-state index contributed by atoms with van der Waals surface area (Å²) in [5.74, 6) is 1.44. The fraction of sp³-hybridized carbons (Fsp3) is 1.00. The van der Waals surface area contributed by atoms with Gasteiger partial charge in [0.15, 0.2) is 0 Å². The molecule has 0 amide bonds. The molecule has 1 N–H and O–H groups in total. The second-order valence-corrected chi connectivity index (χ2v) is 4.65. The van der Waals surface area contributed by atoms with E-state index in [4.69, 9.17) is 0 Å². The number of aliphatic hydroxyl groups is 1. The van der Waals surface area contributed by atoms with Crippen LogP contribution >= 0.6 is 0 Å². The van der Waals surface area contributed by atoms with Gasteiger partial charge in [0.1, 0.15) is 0 Å². The zero-order chi connectivity index (χ0) is 9.68. The van der Waals surface area contributed by atoms with E-state index in [0.29, 0.717) is 5.92 Å². The first-order valence-corrected chi connectivity index (χ1v) is 5.93. The van der Waals surface area contributed by atoms with E-state index in [2.05, 4.69) is 13.8 Å². The van der Waals surface area contributed by atoms with Crippen LogP contribution in [0.1, 0.15) is 58.8 Å². The molecule has 1 saturated carbocycles. The maximum absolute atomic E-state index is 9.72. The van der Waals surface area contributed by atoms with E-state index >= 15 is 0 Å².